The van der Waals surface area contributed by atoms with Crippen molar-refractivity contribution in [2.75, 3.05) is 13.1 Å². The smallest absolute Gasteiger partial charge is 0.188 e. The summed E-state index contributed by atoms with van der Waals surface area (Å²) in [5, 5.41) is 21.7. The highest BCUT2D eigenvalue weighted by atomic mass is 16.4. The van der Waals surface area contributed by atoms with E-state index in [1.807, 2.05) is 13.0 Å². The highest BCUT2D eigenvalue weighted by Crippen LogP contribution is 2.21. The first-order valence-corrected chi connectivity index (χ1v) is 6.38. The normalized spacial score (nSPS) is 25.5. The van der Waals surface area contributed by atoms with Gasteiger partial charge in [-0.2, -0.15) is 0 Å². The summed E-state index contributed by atoms with van der Waals surface area (Å²) in [6, 6.07) is 3.70. The Hall–Kier alpha value is -1.66. The van der Waals surface area contributed by atoms with Gasteiger partial charge in [0.25, 0.3) is 0 Å². The third-order valence-corrected chi connectivity index (χ3v) is 3.35. The van der Waals surface area contributed by atoms with Crippen molar-refractivity contribution in [3.8, 4) is 0 Å². The van der Waals surface area contributed by atoms with Gasteiger partial charge in [-0.15, -0.1) is 0 Å². The molecule has 1 saturated heterocycles. The summed E-state index contributed by atoms with van der Waals surface area (Å²) < 4.78 is 0. The van der Waals surface area contributed by atoms with Gasteiger partial charge in [-0.25, -0.2) is 0 Å². The number of nitrogens with two attached hydrogens (primary N) is 1. The Balaban J connectivity index is 2.07. The van der Waals surface area contributed by atoms with Gasteiger partial charge in [0.1, 0.15) is 5.69 Å². The van der Waals surface area contributed by atoms with E-state index < -0.39 is 5.60 Å². The fourth-order valence-corrected chi connectivity index (χ4v) is 2.48. The van der Waals surface area contributed by atoms with Gasteiger partial charge in [0.2, 0.25) is 0 Å². The van der Waals surface area contributed by atoms with E-state index in [1.54, 1.807) is 12.3 Å². The number of piperidine rings is 1. The van der Waals surface area contributed by atoms with Gasteiger partial charge in [-0.3, -0.25) is 9.88 Å². The Kier molecular flexibility index (Phi) is 4.01. The average Bonchev–Trinajstić information content (AvgIpc) is 2.37. The van der Waals surface area contributed by atoms with Gasteiger partial charge in [0.05, 0.1) is 5.60 Å². The molecule has 0 amide bonds. The fraction of sp³-hybridized carbons (Fsp3) is 0.538. The zero-order valence-corrected chi connectivity index (χ0v) is 11.1. The van der Waals surface area contributed by atoms with Gasteiger partial charge >= 0.3 is 0 Å². The number of oxime groups is 1. The van der Waals surface area contributed by atoms with E-state index >= 15 is 0 Å². The summed E-state index contributed by atoms with van der Waals surface area (Å²) in [7, 11) is 0. The third-order valence-electron chi connectivity index (χ3n) is 3.35. The first-order valence-electron chi connectivity index (χ1n) is 6.38. The van der Waals surface area contributed by atoms with E-state index in [1.165, 1.54) is 0 Å². The molecule has 0 saturated carbocycles. The molecule has 0 spiro atoms. The van der Waals surface area contributed by atoms with E-state index in [2.05, 4.69) is 15.0 Å². The van der Waals surface area contributed by atoms with Crippen molar-refractivity contribution in [1.82, 2.24) is 9.88 Å². The van der Waals surface area contributed by atoms with E-state index in [-0.39, 0.29) is 5.84 Å². The molecular weight excluding hydrogens is 244 g/mol. The summed E-state index contributed by atoms with van der Waals surface area (Å²) in [6.07, 6.45) is 3.48. The van der Waals surface area contributed by atoms with Gasteiger partial charge < -0.3 is 16.0 Å². The van der Waals surface area contributed by atoms with Crippen LogP contribution in [-0.2, 0) is 6.54 Å². The van der Waals surface area contributed by atoms with Gasteiger partial charge in [0.15, 0.2) is 5.84 Å². The Labute approximate surface area is 112 Å². The van der Waals surface area contributed by atoms with Crippen LogP contribution in [0, 0.1) is 0 Å². The fourth-order valence-electron chi connectivity index (χ4n) is 2.48. The van der Waals surface area contributed by atoms with E-state index in [9.17, 15) is 5.11 Å². The molecule has 0 bridgehead atoms. The number of β-amino-alcohol motifs (C(OH)–C–C–N with tert-alkyl or cyclic N) is 1. The molecule has 0 aromatic carbocycles. The summed E-state index contributed by atoms with van der Waals surface area (Å²) in [5.74, 6) is 0.00694. The average molecular weight is 264 g/mol. The van der Waals surface area contributed by atoms with Crippen LogP contribution >= 0.6 is 0 Å². The van der Waals surface area contributed by atoms with Crippen LogP contribution in [0.2, 0.25) is 0 Å². The number of likely N-dealkylation sites (tertiary alicyclic amines) is 1. The van der Waals surface area contributed by atoms with Crippen molar-refractivity contribution < 1.29 is 10.3 Å². The first kappa shape index (κ1) is 13.8. The van der Waals surface area contributed by atoms with Crippen LogP contribution in [0.25, 0.3) is 0 Å². The molecule has 1 aromatic rings. The van der Waals surface area contributed by atoms with Crippen molar-refractivity contribution in [1.29, 1.82) is 0 Å². The summed E-state index contributed by atoms with van der Waals surface area (Å²) in [5.41, 5.74) is 6.41. The number of nitrogens with zero attached hydrogens (tertiary/aromatic N) is 3. The zero-order valence-electron chi connectivity index (χ0n) is 11.1. The van der Waals surface area contributed by atoms with Crippen molar-refractivity contribution in [3.63, 3.8) is 0 Å². The number of aliphatic hydroxyl groups is 1. The molecule has 0 radical (unpaired) electrons. The summed E-state index contributed by atoms with van der Waals surface area (Å²) in [4.78, 5) is 6.25. The van der Waals surface area contributed by atoms with Crippen LogP contribution in [0.5, 0.6) is 0 Å². The molecule has 1 aliphatic rings. The quantitative estimate of drug-likeness (QED) is 0.320. The number of hydrogen-bond donors (Lipinski definition) is 3. The van der Waals surface area contributed by atoms with Crippen molar-refractivity contribution in [2.45, 2.75) is 31.9 Å². The van der Waals surface area contributed by atoms with Crippen molar-refractivity contribution >= 4 is 5.84 Å². The molecule has 1 fully saturated rings. The lowest BCUT2D eigenvalue weighted by atomic mass is 9.95. The largest absolute Gasteiger partial charge is 0.409 e. The van der Waals surface area contributed by atoms with E-state index in [0.29, 0.717) is 12.2 Å². The zero-order chi connectivity index (χ0) is 13.9. The minimum Gasteiger partial charge on any atom is -0.409 e. The molecule has 19 heavy (non-hydrogen) atoms. The molecule has 2 rings (SSSR count). The van der Waals surface area contributed by atoms with Gasteiger partial charge in [-0.1, -0.05) is 5.16 Å². The topological polar surface area (TPSA) is 95.0 Å². The molecule has 1 atom stereocenters. The Morgan fingerprint density at radius 2 is 2.42 bits per heavy atom. The van der Waals surface area contributed by atoms with E-state index in [4.69, 9.17) is 10.9 Å². The maximum atomic E-state index is 10.1. The van der Waals surface area contributed by atoms with Crippen molar-refractivity contribution in [2.24, 2.45) is 10.9 Å². The molecule has 1 aliphatic heterocycles. The summed E-state index contributed by atoms with van der Waals surface area (Å²) in [6.45, 7) is 4.23. The minimum atomic E-state index is -0.611. The lowest BCUT2D eigenvalue weighted by molar-refractivity contribution is -0.0181. The second-order valence-electron chi connectivity index (χ2n) is 5.35. The molecule has 104 valence electrons. The number of hydrogen-bond acceptors (Lipinski definition) is 5. The van der Waals surface area contributed by atoms with Crippen LogP contribution < -0.4 is 5.73 Å². The molecule has 0 aliphatic carbocycles. The predicted octanol–water partition coefficient (Wildman–Crippen LogP) is 0.523. The molecule has 1 unspecified atom stereocenters. The molecular formula is C13H20N4O2. The molecule has 1 aromatic heterocycles. The first-order chi connectivity index (χ1) is 9.00. The number of amidine groups is 1. The predicted molar refractivity (Wildman–Crippen MR) is 71.9 cm³/mol. The number of aromatic nitrogens is 1. The molecule has 2 heterocycles. The second kappa shape index (κ2) is 5.54. The molecule has 6 nitrogen and oxygen atoms in total. The van der Waals surface area contributed by atoms with Crippen LogP contribution in [0.3, 0.4) is 0 Å². The van der Waals surface area contributed by atoms with E-state index in [0.717, 1.165) is 31.5 Å². The lowest BCUT2D eigenvalue weighted by Gasteiger charge is -2.36. The van der Waals surface area contributed by atoms with Crippen LogP contribution in [0.4, 0.5) is 0 Å². The second-order valence-corrected chi connectivity index (χ2v) is 5.35. The Bertz CT molecular complexity index is 473. The van der Waals surface area contributed by atoms with Crippen LogP contribution in [0.15, 0.2) is 23.5 Å². The van der Waals surface area contributed by atoms with Crippen molar-refractivity contribution in [3.05, 3.63) is 29.6 Å². The van der Waals surface area contributed by atoms with Crippen LogP contribution in [-0.4, -0.2) is 44.7 Å². The number of pyridine rings is 1. The standard InChI is InChI=1S/C13H20N4O2/c1-13(18)4-2-6-17(9-13)8-10-3-5-15-11(7-10)12(14)16-19/h3,5,7,18-19H,2,4,6,8-9H2,1H3,(H2,14,16). The maximum Gasteiger partial charge on any atom is 0.188 e. The summed E-state index contributed by atoms with van der Waals surface area (Å²) >= 11 is 0. The minimum absolute atomic E-state index is 0.00694. The molecule has 6 heteroatoms. The Morgan fingerprint density at radius 1 is 1.63 bits per heavy atom. The van der Waals surface area contributed by atoms with Gasteiger partial charge in [0, 0.05) is 19.3 Å². The monoisotopic (exact) mass is 264 g/mol. The maximum absolute atomic E-state index is 10.1. The van der Waals surface area contributed by atoms with Gasteiger partial charge in [-0.05, 0) is 44.0 Å². The highest BCUT2D eigenvalue weighted by Gasteiger charge is 2.28. The molecule has 4 N–H and O–H groups in total. The highest BCUT2D eigenvalue weighted by molar-refractivity contribution is 5.95. The SMILES string of the molecule is CC1(O)CCCN(Cc2ccnc(/C(N)=N/O)c2)C1. The third kappa shape index (κ3) is 3.65. The lowest BCUT2D eigenvalue weighted by Crippen LogP contribution is -2.45. The van der Waals surface area contributed by atoms with Crippen LogP contribution in [0.1, 0.15) is 31.0 Å². The Morgan fingerprint density at radius 3 is 3.11 bits per heavy atom. The number of rotatable bonds is 3.